The Bertz CT molecular complexity index is 2320. The van der Waals surface area contributed by atoms with Crippen LogP contribution < -0.4 is 5.56 Å². The zero-order valence-electron chi connectivity index (χ0n) is 26.3. The highest BCUT2D eigenvalue weighted by Gasteiger charge is 2.25. The van der Waals surface area contributed by atoms with Crippen LogP contribution in [0.3, 0.4) is 0 Å². The third kappa shape index (κ3) is 4.82. The van der Waals surface area contributed by atoms with E-state index >= 15 is 0 Å². The molecule has 0 unspecified atom stereocenters. The summed E-state index contributed by atoms with van der Waals surface area (Å²) in [6.45, 7) is 7.80. The van der Waals surface area contributed by atoms with E-state index in [2.05, 4.69) is 40.3 Å². The zero-order valence-corrected chi connectivity index (χ0v) is 27.1. The van der Waals surface area contributed by atoms with Gasteiger partial charge >= 0.3 is 0 Å². The van der Waals surface area contributed by atoms with Crippen molar-refractivity contribution in [3.8, 4) is 28.5 Å². The quantitative estimate of drug-likeness (QED) is 0.146. The van der Waals surface area contributed by atoms with Gasteiger partial charge in [0.15, 0.2) is 16.8 Å². The summed E-state index contributed by atoms with van der Waals surface area (Å²) in [7, 11) is 1.87. The van der Waals surface area contributed by atoms with Gasteiger partial charge in [-0.25, -0.2) is 4.68 Å². The first kappa shape index (κ1) is 29.4. The van der Waals surface area contributed by atoms with E-state index in [0.717, 1.165) is 50.5 Å². The van der Waals surface area contributed by atoms with Crippen molar-refractivity contribution in [1.82, 2.24) is 33.7 Å². The van der Waals surface area contributed by atoms with Crippen LogP contribution in [-0.2, 0) is 7.05 Å². The molecule has 0 aliphatic carbocycles. The Morgan fingerprint density at radius 1 is 0.826 bits per heavy atom. The number of benzene rings is 3. The summed E-state index contributed by atoms with van der Waals surface area (Å²) in [5.74, 6) is 0.809. The number of carbonyl (C=O) groups excluding carboxylic acids is 1. The Hall–Kier alpha value is -5.35. The van der Waals surface area contributed by atoms with Crippen LogP contribution in [0.4, 0.5) is 0 Å². The number of carbonyl (C=O) groups is 1. The summed E-state index contributed by atoms with van der Waals surface area (Å²) in [4.78, 5) is 31.0. The van der Waals surface area contributed by atoms with Gasteiger partial charge in [-0.1, -0.05) is 60.3 Å². The minimum atomic E-state index is -0.141. The van der Waals surface area contributed by atoms with Gasteiger partial charge in [0.2, 0.25) is 0 Å². The molecule has 10 heteroatoms. The van der Waals surface area contributed by atoms with E-state index in [0.29, 0.717) is 22.2 Å². The van der Waals surface area contributed by atoms with Crippen LogP contribution in [-0.4, -0.2) is 45.2 Å². The number of aryl methyl sites for hydroxylation is 2. The molecule has 0 spiro atoms. The van der Waals surface area contributed by atoms with E-state index in [1.165, 1.54) is 11.8 Å². The average Bonchev–Trinajstić information content (AvgIpc) is 3.80. The fourth-order valence-electron chi connectivity index (χ4n) is 6.20. The molecule has 4 aromatic heterocycles. The SMILES string of the molecule is Cc1cccc(-n2c(SCC(=O)c3cc(C)n(-c4c(C)n(C)n(-c5ccccc5)c4=O)c3C)nnc2-c2c[nH]c3ccccc23)c1. The molecule has 46 heavy (non-hydrogen) atoms. The van der Waals surface area contributed by atoms with Gasteiger partial charge < -0.3 is 9.55 Å². The molecule has 0 saturated carbocycles. The Morgan fingerprint density at radius 3 is 2.35 bits per heavy atom. The molecule has 4 heterocycles. The number of nitrogens with one attached hydrogen (secondary N) is 1. The maximum atomic E-state index is 13.8. The molecule has 9 nitrogen and oxygen atoms in total. The van der Waals surface area contributed by atoms with Crippen LogP contribution >= 0.6 is 11.8 Å². The van der Waals surface area contributed by atoms with Gasteiger partial charge in [0.1, 0.15) is 5.69 Å². The molecular formula is C36H33N7O2S. The summed E-state index contributed by atoms with van der Waals surface area (Å²) in [5, 5.41) is 10.8. The maximum absolute atomic E-state index is 13.8. The third-order valence-corrected chi connectivity index (χ3v) is 9.46. The van der Waals surface area contributed by atoms with Crippen molar-refractivity contribution < 1.29 is 4.79 Å². The van der Waals surface area contributed by atoms with Crippen LogP contribution in [0.25, 0.3) is 39.4 Å². The van der Waals surface area contributed by atoms with E-state index in [-0.39, 0.29) is 17.1 Å². The van der Waals surface area contributed by atoms with Crippen molar-refractivity contribution in [1.29, 1.82) is 0 Å². The summed E-state index contributed by atoms with van der Waals surface area (Å²) in [5.41, 5.74) is 8.10. The Morgan fingerprint density at radius 2 is 1.57 bits per heavy atom. The predicted molar refractivity (Wildman–Crippen MR) is 183 cm³/mol. The number of para-hydroxylation sites is 2. The number of aromatic amines is 1. The summed E-state index contributed by atoms with van der Waals surface area (Å²) in [6.07, 6.45) is 1.95. The normalized spacial score (nSPS) is 11.5. The number of hydrogen-bond donors (Lipinski definition) is 1. The Kier molecular flexibility index (Phi) is 7.37. The van der Waals surface area contributed by atoms with Crippen molar-refractivity contribution in [2.24, 2.45) is 7.05 Å². The molecule has 0 amide bonds. The highest BCUT2D eigenvalue weighted by Crippen LogP contribution is 2.33. The van der Waals surface area contributed by atoms with Gasteiger partial charge in [0, 0.05) is 52.3 Å². The molecular weight excluding hydrogens is 595 g/mol. The number of aromatic nitrogens is 7. The van der Waals surface area contributed by atoms with Gasteiger partial charge in [-0.15, -0.1) is 10.2 Å². The summed E-state index contributed by atoms with van der Waals surface area (Å²) >= 11 is 1.35. The molecule has 3 aromatic carbocycles. The minimum Gasteiger partial charge on any atom is -0.360 e. The number of fused-ring (bicyclic) bond motifs is 1. The number of hydrogen-bond acceptors (Lipinski definition) is 5. The number of Topliss-reactive ketones (excluding diaryl/α,β-unsaturated/α-hetero) is 1. The second-order valence-corrected chi connectivity index (χ2v) is 12.4. The number of nitrogens with zero attached hydrogens (tertiary/aromatic N) is 6. The van der Waals surface area contributed by atoms with Gasteiger partial charge in [0.05, 0.1) is 17.1 Å². The van der Waals surface area contributed by atoms with Gasteiger partial charge in [0.25, 0.3) is 5.56 Å². The second kappa shape index (κ2) is 11.5. The minimum absolute atomic E-state index is 0.0474. The molecule has 0 atom stereocenters. The van der Waals surface area contributed by atoms with Crippen LogP contribution in [0.5, 0.6) is 0 Å². The van der Waals surface area contributed by atoms with Crippen molar-refractivity contribution in [2.75, 3.05) is 5.75 Å². The van der Waals surface area contributed by atoms with E-state index in [1.807, 2.05) is 115 Å². The lowest BCUT2D eigenvalue weighted by Gasteiger charge is -2.11. The van der Waals surface area contributed by atoms with Crippen molar-refractivity contribution >= 4 is 28.4 Å². The molecule has 230 valence electrons. The lowest BCUT2D eigenvalue weighted by molar-refractivity contribution is 0.102. The van der Waals surface area contributed by atoms with Gasteiger partial charge in [-0.2, -0.15) is 0 Å². The molecule has 0 fully saturated rings. The van der Waals surface area contributed by atoms with Gasteiger partial charge in [-0.3, -0.25) is 18.8 Å². The largest absolute Gasteiger partial charge is 0.360 e. The molecule has 0 aliphatic heterocycles. The lowest BCUT2D eigenvalue weighted by atomic mass is 10.1. The smallest absolute Gasteiger partial charge is 0.295 e. The number of thioether (sulfide) groups is 1. The van der Waals surface area contributed by atoms with Crippen LogP contribution in [0.15, 0.2) is 101 Å². The average molecular weight is 628 g/mol. The van der Waals surface area contributed by atoms with Gasteiger partial charge in [-0.05, 0) is 69.7 Å². The number of ketones is 1. The maximum Gasteiger partial charge on any atom is 0.295 e. The predicted octanol–water partition coefficient (Wildman–Crippen LogP) is 6.90. The highest BCUT2D eigenvalue weighted by atomic mass is 32.2. The van der Waals surface area contributed by atoms with Crippen LogP contribution in [0, 0.1) is 27.7 Å². The van der Waals surface area contributed by atoms with E-state index in [1.54, 1.807) is 4.68 Å². The molecule has 0 saturated heterocycles. The number of rotatable bonds is 8. The van der Waals surface area contributed by atoms with Crippen LogP contribution in [0.1, 0.15) is 33.0 Å². The van der Waals surface area contributed by atoms with Crippen LogP contribution in [0.2, 0.25) is 0 Å². The molecule has 7 aromatic rings. The Balaban J connectivity index is 1.23. The fraction of sp³-hybridized carbons (Fsp3) is 0.167. The molecule has 7 rings (SSSR count). The molecule has 1 N–H and O–H groups in total. The summed E-state index contributed by atoms with van der Waals surface area (Å²) < 4.78 is 7.43. The van der Waals surface area contributed by atoms with E-state index in [9.17, 15) is 9.59 Å². The zero-order chi connectivity index (χ0) is 32.1. The fourth-order valence-corrected chi connectivity index (χ4v) is 7.04. The summed E-state index contributed by atoms with van der Waals surface area (Å²) in [6, 6.07) is 27.7. The van der Waals surface area contributed by atoms with Crippen molar-refractivity contribution in [3.63, 3.8) is 0 Å². The monoisotopic (exact) mass is 627 g/mol. The first-order valence-corrected chi connectivity index (χ1v) is 16.0. The van der Waals surface area contributed by atoms with Crippen molar-refractivity contribution in [2.45, 2.75) is 32.9 Å². The lowest BCUT2D eigenvalue weighted by Crippen LogP contribution is -2.22. The first-order chi connectivity index (χ1) is 22.2. The van der Waals surface area contributed by atoms with E-state index in [4.69, 9.17) is 0 Å². The molecule has 0 aliphatic rings. The molecule has 0 bridgehead atoms. The van der Waals surface area contributed by atoms with Crippen molar-refractivity contribution in [3.05, 3.63) is 130 Å². The molecule has 0 radical (unpaired) electrons. The Labute approximate surface area is 270 Å². The third-order valence-electron chi connectivity index (χ3n) is 8.53. The second-order valence-electron chi connectivity index (χ2n) is 11.5. The standard InChI is InChI=1S/C36H33N7O2S/c1-22-12-11-15-27(18-22)42-34(30-20-37-31-17-10-9-16-28(30)31)38-39-36(42)46-21-32(44)29-19-23(2)41(24(29)3)33-25(4)40(5)43(35(33)45)26-13-7-6-8-14-26/h6-20,37H,21H2,1-5H3. The highest BCUT2D eigenvalue weighted by molar-refractivity contribution is 7.99. The topological polar surface area (TPSA) is 95.4 Å². The number of H-pyrrole nitrogens is 1. The van der Waals surface area contributed by atoms with E-state index < -0.39 is 0 Å². The first-order valence-electron chi connectivity index (χ1n) is 15.0.